The van der Waals surface area contributed by atoms with Gasteiger partial charge >= 0.3 is 0 Å². The van der Waals surface area contributed by atoms with Gasteiger partial charge in [-0.1, -0.05) is 36.0 Å². The minimum absolute atomic E-state index is 0.00740. The van der Waals surface area contributed by atoms with E-state index in [-0.39, 0.29) is 11.2 Å². The summed E-state index contributed by atoms with van der Waals surface area (Å²) in [6.07, 6.45) is 3.16. The van der Waals surface area contributed by atoms with Crippen LogP contribution in [-0.2, 0) is 11.2 Å². The van der Waals surface area contributed by atoms with Gasteiger partial charge in [0.25, 0.3) is 0 Å². The van der Waals surface area contributed by atoms with E-state index in [4.69, 9.17) is 0 Å². The molecule has 19 heavy (non-hydrogen) atoms. The van der Waals surface area contributed by atoms with Gasteiger partial charge in [0.05, 0.1) is 11.0 Å². The Morgan fingerprint density at radius 1 is 1.26 bits per heavy atom. The van der Waals surface area contributed by atoms with E-state index in [1.165, 1.54) is 22.9 Å². The van der Waals surface area contributed by atoms with Gasteiger partial charge in [0.1, 0.15) is 0 Å². The number of carbonyl (C=O) groups excluding carboxylic acids is 1. The normalized spacial score (nSPS) is 26.6. The van der Waals surface area contributed by atoms with Crippen molar-refractivity contribution in [1.82, 2.24) is 5.32 Å². The maximum atomic E-state index is 11.4. The SMILES string of the molecule is C[C@H]1SC(=N/N=C2\CCCc3ccccc32)NC1=O. The van der Waals surface area contributed by atoms with Gasteiger partial charge in [-0.05, 0) is 31.7 Å². The molecule has 4 nitrogen and oxygen atoms in total. The number of aryl methyl sites for hydroxylation is 1. The van der Waals surface area contributed by atoms with Crippen LogP contribution in [0.25, 0.3) is 0 Å². The lowest BCUT2D eigenvalue weighted by molar-refractivity contribution is -0.118. The molecule has 0 radical (unpaired) electrons. The van der Waals surface area contributed by atoms with Gasteiger partial charge in [0, 0.05) is 5.56 Å². The van der Waals surface area contributed by atoms with E-state index < -0.39 is 0 Å². The zero-order chi connectivity index (χ0) is 13.2. The molecule has 1 fully saturated rings. The van der Waals surface area contributed by atoms with Gasteiger partial charge in [-0.3, -0.25) is 4.79 Å². The molecule has 1 aromatic rings. The van der Waals surface area contributed by atoms with Crippen LogP contribution in [0.5, 0.6) is 0 Å². The molecule has 5 heteroatoms. The van der Waals surface area contributed by atoms with E-state index in [0.29, 0.717) is 5.17 Å². The van der Waals surface area contributed by atoms with Gasteiger partial charge in [0.15, 0.2) is 5.17 Å². The average molecular weight is 273 g/mol. The first kappa shape index (κ1) is 12.4. The smallest absolute Gasteiger partial charge is 0.239 e. The second kappa shape index (κ2) is 5.17. The van der Waals surface area contributed by atoms with Gasteiger partial charge in [-0.2, -0.15) is 5.10 Å². The van der Waals surface area contributed by atoms with E-state index in [2.05, 4.69) is 33.7 Å². The second-order valence-corrected chi connectivity index (χ2v) is 6.04. The van der Waals surface area contributed by atoms with E-state index in [9.17, 15) is 4.79 Å². The Morgan fingerprint density at radius 3 is 2.89 bits per heavy atom. The minimum Gasteiger partial charge on any atom is -0.303 e. The number of benzene rings is 1. The fourth-order valence-electron chi connectivity index (χ4n) is 2.32. The Labute approximate surface area is 116 Å². The number of thioether (sulfide) groups is 1. The van der Waals surface area contributed by atoms with Crippen LogP contribution in [0, 0.1) is 0 Å². The number of amides is 1. The van der Waals surface area contributed by atoms with Crippen LogP contribution in [-0.4, -0.2) is 22.0 Å². The standard InChI is InChI=1S/C14H15N3OS/c1-9-13(18)15-14(19-9)17-16-12-8-4-6-10-5-2-3-7-11(10)12/h2-3,5,7,9H,4,6,8H2,1H3,(H,15,17,18)/b16-12+/t9-/m1/s1. The molecule has 98 valence electrons. The summed E-state index contributed by atoms with van der Waals surface area (Å²) in [4.78, 5) is 11.4. The quantitative estimate of drug-likeness (QED) is 0.798. The average Bonchev–Trinajstić information content (AvgIpc) is 2.75. The Morgan fingerprint density at radius 2 is 2.11 bits per heavy atom. The highest BCUT2D eigenvalue weighted by Gasteiger charge is 2.26. The van der Waals surface area contributed by atoms with Crippen molar-refractivity contribution in [1.29, 1.82) is 0 Å². The summed E-state index contributed by atoms with van der Waals surface area (Å²) in [6, 6.07) is 8.32. The van der Waals surface area contributed by atoms with Crippen LogP contribution in [0.2, 0.25) is 0 Å². The second-order valence-electron chi connectivity index (χ2n) is 4.71. The monoisotopic (exact) mass is 273 g/mol. The third kappa shape index (κ3) is 2.56. The highest BCUT2D eigenvalue weighted by atomic mass is 32.2. The highest BCUT2D eigenvalue weighted by Crippen LogP contribution is 2.22. The lowest BCUT2D eigenvalue weighted by Crippen LogP contribution is -2.23. The maximum absolute atomic E-state index is 11.4. The molecule has 1 aliphatic heterocycles. The Hall–Kier alpha value is -1.62. The predicted octanol–water partition coefficient (Wildman–Crippen LogP) is 2.33. The lowest BCUT2D eigenvalue weighted by Gasteiger charge is -2.16. The maximum Gasteiger partial charge on any atom is 0.239 e. The number of fused-ring (bicyclic) bond motifs is 1. The van der Waals surface area contributed by atoms with Crippen molar-refractivity contribution in [3.05, 3.63) is 35.4 Å². The zero-order valence-electron chi connectivity index (χ0n) is 10.7. The summed E-state index contributed by atoms with van der Waals surface area (Å²) in [6.45, 7) is 1.87. The largest absolute Gasteiger partial charge is 0.303 e. The van der Waals surface area contributed by atoms with Crippen LogP contribution in [0.1, 0.15) is 30.9 Å². The lowest BCUT2D eigenvalue weighted by atomic mass is 9.90. The molecule has 0 bridgehead atoms. The number of carbonyl (C=O) groups is 1. The van der Waals surface area contributed by atoms with Crippen LogP contribution in [0.15, 0.2) is 34.5 Å². The Kier molecular flexibility index (Phi) is 3.38. The van der Waals surface area contributed by atoms with Crippen LogP contribution in [0.4, 0.5) is 0 Å². The fraction of sp³-hybridized carbons (Fsp3) is 0.357. The number of nitrogens with one attached hydrogen (secondary N) is 1. The highest BCUT2D eigenvalue weighted by molar-refractivity contribution is 8.15. The third-order valence-electron chi connectivity index (χ3n) is 3.34. The molecular formula is C14H15N3OS. The van der Waals surface area contributed by atoms with Crippen molar-refractivity contribution in [3.8, 4) is 0 Å². The first-order valence-electron chi connectivity index (χ1n) is 6.44. The molecular weight excluding hydrogens is 258 g/mol. The number of nitrogens with zero attached hydrogens (tertiary/aromatic N) is 2. The molecule has 1 atom stereocenters. The summed E-state index contributed by atoms with van der Waals surface area (Å²) in [5.41, 5.74) is 3.55. The zero-order valence-corrected chi connectivity index (χ0v) is 11.5. The van der Waals surface area contributed by atoms with Gasteiger partial charge in [0.2, 0.25) is 5.91 Å². The summed E-state index contributed by atoms with van der Waals surface area (Å²) in [5, 5.41) is 11.8. The summed E-state index contributed by atoms with van der Waals surface area (Å²) in [5.74, 6) is 0.00740. The van der Waals surface area contributed by atoms with Crippen molar-refractivity contribution >= 4 is 28.5 Å². The van der Waals surface area contributed by atoms with Crippen LogP contribution >= 0.6 is 11.8 Å². The summed E-state index contributed by atoms with van der Waals surface area (Å²) < 4.78 is 0. The Balaban J connectivity index is 1.86. The van der Waals surface area contributed by atoms with Crippen molar-refractivity contribution < 1.29 is 4.79 Å². The minimum atomic E-state index is -0.0717. The number of rotatable bonds is 1. The molecule has 0 unspecified atom stereocenters. The molecule has 0 spiro atoms. The van der Waals surface area contributed by atoms with E-state index >= 15 is 0 Å². The predicted molar refractivity (Wildman–Crippen MR) is 78.5 cm³/mol. The third-order valence-corrected chi connectivity index (χ3v) is 4.31. The first-order chi connectivity index (χ1) is 9.24. The number of amidine groups is 1. The molecule has 1 N–H and O–H groups in total. The van der Waals surface area contributed by atoms with Gasteiger partial charge in [-0.15, -0.1) is 5.10 Å². The Bertz CT molecular complexity index is 580. The molecule has 1 aliphatic carbocycles. The van der Waals surface area contributed by atoms with Gasteiger partial charge in [-0.25, -0.2) is 0 Å². The van der Waals surface area contributed by atoms with Crippen molar-refractivity contribution in [3.63, 3.8) is 0 Å². The summed E-state index contributed by atoms with van der Waals surface area (Å²) >= 11 is 1.43. The van der Waals surface area contributed by atoms with E-state index in [1.807, 2.05) is 13.0 Å². The number of hydrogen-bond acceptors (Lipinski definition) is 4. The van der Waals surface area contributed by atoms with Crippen molar-refractivity contribution in [2.24, 2.45) is 10.2 Å². The molecule has 1 amide bonds. The molecule has 1 heterocycles. The topological polar surface area (TPSA) is 53.8 Å². The van der Waals surface area contributed by atoms with E-state index in [0.717, 1.165) is 25.0 Å². The number of hydrogen-bond donors (Lipinski definition) is 1. The molecule has 0 aromatic heterocycles. The molecule has 2 aliphatic rings. The van der Waals surface area contributed by atoms with Crippen molar-refractivity contribution in [2.45, 2.75) is 31.4 Å². The fourth-order valence-corrected chi connectivity index (χ4v) is 3.06. The van der Waals surface area contributed by atoms with Crippen molar-refractivity contribution in [2.75, 3.05) is 0 Å². The molecule has 1 saturated heterocycles. The molecule has 0 saturated carbocycles. The summed E-state index contributed by atoms with van der Waals surface area (Å²) in [7, 11) is 0. The van der Waals surface area contributed by atoms with Gasteiger partial charge < -0.3 is 5.32 Å². The van der Waals surface area contributed by atoms with Crippen LogP contribution in [0.3, 0.4) is 0 Å². The molecule has 1 aromatic carbocycles. The van der Waals surface area contributed by atoms with Crippen LogP contribution < -0.4 is 5.32 Å². The first-order valence-corrected chi connectivity index (χ1v) is 7.32. The molecule has 3 rings (SSSR count). The van der Waals surface area contributed by atoms with E-state index in [1.54, 1.807) is 0 Å².